The molecule has 6 heteroatoms. The van der Waals surface area contributed by atoms with E-state index in [1.807, 2.05) is 0 Å². The second-order valence-electron chi connectivity index (χ2n) is 2.53. The molecule has 0 saturated heterocycles. The lowest BCUT2D eigenvalue weighted by Gasteiger charge is -2.01. The minimum Gasteiger partial charge on any atom is -0.303 e. The van der Waals surface area contributed by atoms with Crippen molar-refractivity contribution in [1.29, 1.82) is 0 Å². The molecule has 0 radical (unpaired) electrons. The Balaban J connectivity index is 3.27. The van der Waals surface area contributed by atoms with Gasteiger partial charge in [-0.1, -0.05) is 23.2 Å². The molecule has 0 N–H and O–H groups in total. The maximum absolute atomic E-state index is 10.4. The van der Waals surface area contributed by atoms with Crippen molar-refractivity contribution in [1.82, 2.24) is 0 Å². The number of rotatable bonds is 3. The summed E-state index contributed by atoms with van der Waals surface area (Å²) in [6, 6.07) is 2.39. The first kappa shape index (κ1) is 10.9. The summed E-state index contributed by atoms with van der Waals surface area (Å²) in [6.07, 6.45) is 0.626. The van der Waals surface area contributed by atoms with Crippen LogP contribution in [0.15, 0.2) is 12.1 Å². The quantitative estimate of drug-likeness (QED) is 0.458. The molecule has 14 heavy (non-hydrogen) atoms. The largest absolute Gasteiger partial charge is 0.303 e. The fraction of sp³-hybridized carbons (Fsp3) is 0.125. The van der Waals surface area contributed by atoms with Gasteiger partial charge in [0, 0.05) is 18.6 Å². The van der Waals surface area contributed by atoms with E-state index in [9.17, 15) is 14.9 Å². The number of carbonyl (C=O) groups excluding carboxylic acids is 1. The molecule has 0 aliphatic heterocycles. The van der Waals surface area contributed by atoms with E-state index in [-0.39, 0.29) is 22.2 Å². The number of nitro groups is 1. The summed E-state index contributed by atoms with van der Waals surface area (Å²) in [4.78, 5) is 20.1. The molecule has 1 aromatic rings. The first-order chi connectivity index (χ1) is 6.56. The Morgan fingerprint density at radius 3 is 2.57 bits per heavy atom. The molecule has 0 amide bonds. The van der Waals surface area contributed by atoms with Crippen LogP contribution in [-0.4, -0.2) is 11.2 Å². The molecule has 0 atom stereocenters. The molecule has 4 nitrogen and oxygen atoms in total. The van der Waals surface area contributed by atoms with E-state index in [2.05, 4.69) is 0 Å². The second-order valence-corrected chi connectivity index (χ2v) is 3.31. The molecular formula is C8H5Cl2NO3. The van der Waals surface area contributed by atoms with Crippen molar-refractivity contribution in [2.45, 2.75) is 6.42 Å². The smallest absolute Gasteiger partial charge is 0.271 e. The maximum atomic E-state index is 10.4. The number of benzene rings is 1. The van der Waals surface area contributed by atoms with Crippen LogP contribution >= 0.6 is 23.2 Å². The van der Waals surface area contributed by atoms with Gasteiger partial charge in [0.1, 0.15) is 6.29 Å². The lowest BCUT2D eigenvalue weighted by atomic mass is 10.1. The van der Waals surface area contributed by atoms with Crippen molar-refractivity contribution in [3.8, 4) is 0 Å². The van der Waals surface area contributed by atoms with Gasteiger partial charge >= 0.3 is 0 Å². The summed E-state index contributed by atoms with van der Waals surface area (Å²) in [5.41, 5.74) is 0.192. The van der Waals surface area contributed by atoms with Crippen molar-refractivity contribution in [3.63, 3.8) is 0 Å². The Kier molecular flexibility index (Phi) is 3.43. The molecule has 0 spiro atoms. The average Bonchev–Trinajstić information content (AvgIpc) is 2.12. The number of carbonyl (C=O) groups is 1. The van der Waals surface area contributed by atoms with E-state index in [1.165, 1.54) is 6.07 Å². The molecule has 0 saturated carbocycles. The highest BCUT2D eigenvalue weighted by Gasteiger charge is 2.13. The van der Waals surface area contributed by atoms with Gasteiger partial charge in [-0.15, -0.1) is 0 Å². The van der Waals surface area contributed by atoms with E-state index in [1.54, 1.807) is 0 Å². The van der Waals surface area contributed by atoms with Crippen molar-refractivity contribution >= 4 is 35.2 Å². The maximum Gasteiger partial charge on any atom is 0.271 e. The molecule has 0 bridgehead atoms. The Labute approximate surface area is 89.6 Å². The van der Waals surface area contributed by atoms with Crippen LogP contribution in [0.2, 0.25) is 10.0 Å². The lowest BCUT2D eigenvalue weighted by molar-refractivity contribution is -0.384. The number of hydrogen-bond acceptors (Lipinski definition) is 3. The third-order valence-corrected chi connectivity index (χ3v) is 2.44. The molecule has 0 unspecified atom stereocenters. The number of non-ortho nitro benzene ring substituents is 1. The molecular weight excluding hydrogens is 229 g/mol. The van der Waals surface area contributed by atoms with Crippen molar-refractivity contribution in [3.05, 3.63) is 37.9 Å². The standard InChI is InChI=1S/C8H5Cl2NO3/c9-7-4-6(11(13)14)3-5(1-2-12)8(7)10/h2-4H,1H2. The van der Waals surface area contributed by atoms with Crippen LogP contribution in [0.5, 0.6) is 0 Å². The van der Waals surface area contributed by atoms with Gasteiger partial charge in [-0.05, 0) is 5.56 Å². The van der Waals surface area contributed by atoms with Gasteiger partial charge in [-0.25, -0.2) is 0 Å². The summed E-state index contributed by atoms with van der Waals surface area (Å²) in [5.74, 6) is 0. The van der Waals surface area contributed by atoms with Gasteiger partial charge in [0.15, 0.2) is 0 Å². The average molecular weight is 234 g/mol. The van der Waals surface area contributed by atoms with E-state index in [0.717, 1.165) is 6.07 Å². The van der Waals surface area contributed by atoms with Gasteiger partial charge in [-0.3, -0.25) is 10.1 Å². The van der Waals surface area contributed by atoms with E-state index >= 15 is 0 Å². The summed E-state index contributed by atoms with van der Waals surface area (Å²) in [5, 5.41) is 10.7. The van der Waals surface area contributed by atoms with Gasteiger partial charge in [0.05, 0.1) is 15.0 Å². The Morgan fingerprint density at radius 2 is 2.07 bits per heavy atom. The number of aldehydes is 1. The van der Waals surface area contributed by atoms with Crippen molar-refractivity contribution < 1.29 is 9.72 Å². The zero-order valence-corrected chi connectivity index (χ0v) is 8.38. The highest BCUT2D eigenvalue weighted by Crippen LogP contribution is 2.30. The molecule has 74 valence electrons. The molecule has 0 aromatic heterocycles. The Morgan fingerprint density at radius 1 is 1.43 bits per heavy atom. The Bertz CT molecular complexity index is 392. The topological polar surface area (TPSA) is 60.2 Å². The highest BCUT2D eigenvalue weighted by atomic mass is 35.5. The first-order valence-corrected chi connectivity index (χ1v) is 4.37. The number of nitro benzene ring substituents is 1. The third-order valence-electron chi connectivity index (χ3n) is 1.60. The van der Waals surface area contributed by atoms with E-state index in [4.69, 9.17) is 23.2 Å². The van der Waals surface area contributed by atoms with E-state index < -0.39 is 4.92 Å². The number of hydrogen-bond donors (Lipinski definition) is 0. The van der Waals surface area contributed by atoms with Gasteiger partial charge in [0.25, 0.3) is 5.69 Å². The van der Waals surface area contributed by atoms with Gasteiger partial charge in [0.2, 0.25) is 0 Å². The van der Waals surface area contributed by atoms with Crippen LogP contribution < -0.4 is 0 Å². The predicted molar refractivity (Wildman–Crippen MR) is 52.9 cm³/mol. The second kappa shape index (κ2) is 4.39. The Hall–Kier alpha value is -1.13. The van der Waals surface area contributed by atoms with Crippen LogP contribution in [0.3, 0.4) is 0 Å². The number of nitrogens with zero attached hydrogens (tertiary/aromatic N) is 1. The van der Waals surface area contributed by atoms with E-state index in [0.29, 0.717) is 11.8 Å². The highest BCUT2D eigenvalue weighted by molar-refractivity contribution is 6.42. The monoisotopic (exact) mass is 233 g/mol. The van der Waals surface area contributed by atoms with Gasteiger partial charge in [-0.2, -0.15) is 0 Å². The predicted octanol–water partition coefficient (Wildman–Crippen LogP) is 2.64. The number of halogens is 2. The summed E-state index contributed by atoms with van der Waals surface area (Å²) in [7, 11) is 0. The summed E-state index contributed by atoms with van der Waals surface area (Å²) < 4.78 is 0. The van der Waals surface area contributed by atoms with Crippen LogP contribution in [-0.2, 0) is 11.2 Å². The molecule has 0 aliphatic rings. The van der Waals surface area contributed by atoms with Crippen molar-refractivity contribution in [2.75, 3.05) is 0 Å². The fourth-order valence-corrected chi connectivity index (χ4v) is 1.39. The fourth-order valence-electron chi connectivity index (χ4n) is 0.974. The SMILES string of the molecule is O=CCc1cc([N+](=O)[O-])cc(Cl)c1Cl. The molecule has 0 aliphatic carbocycles. The zero-order valence-electron chi connectivity index (χ0n) is 6.87. The molecule has 0 fully saturated rings. The molecule has 0 heterocycles. The van der Waals surface area contributed by atoms with Crippen LogP contribution in [0.4, 0.5) is 5.69 Å². The first-order valence-electron chi connectivity index (χ1n) is 3.62. The van der Waals surface area contributed by atoms with Gasteiger partial charge < -0.3 is 4.79 Å². The minimum atomic E-state index is -0.587. The van der Waals surface area contributed by atoms with Crippen LogP contribution in [0.1, 0.15) is 5.56 Å². The summed E-state index contributed by atoms with van der Waals surface area (Å²) in [6.45, 7) is 0. The minimum absolute atomic E-state index is 0.0141. The lowest BCUT2D eigenvalue weighted by Crippen LogP contribution is -1.93. The molecule has 1 aromatic carbocycles. The van der Waals surface area contributed by atoms with Crippen LogP contribution in [0, 0.1) is 10.1 Å². The van der Waals surface area contributed by atoms with Crippen LogP contribution in [0.25, 0.3) is 0 Å². The zero-order chi connectivity index (χ0) is 10.7. The van der Waals surface area contributed by atoms with Crippen molar-refractivity contribution in [2.24, 2.45) is 0 Å². The molecule has 1 rings (SSSR count). The summed E-state index contributed by atoms with van der Waals surface area (Å²) >= 11 is 11.4. The third kappa shape index (κ3) is 2.21. The normalized spacial score (nSPS) is 9.86.